The Bertz CT molecular complexity index is 698. The molecule has 0 aromatic rings. The van der Waals surface area contributed by atoms with E-state index in [1.165, 1.54) is 51.4 Å². The maximum Gasteiger partial charge on any atom is 2.00 e. The summed E-state index contributed by atoms with van der Waals surface area (Å²) in [7, 11) is 0. The van der Waals surface area contributed by atoms with Gasteiger partial charge in [-0.2, -0.15) is 36.3 Å². The van der Waals surface area contributed by atoms with Gasteiger partial charge in [0.25, 0.3) is 10.2 Å². The van der Waals surface area contributed by atoms with Crippen LogP contribution in [0.25, 0.3) is 34.4 Å². The zero-order valence-electron chi connectivity index (χ0n) is 27.9. The Morgan fingerprint density at radius 3 is 0.720 bits per heavy atom. The number of aliphatic carboxylic acids is 2. The summed E-state index contributed by atoms with van der Waals surface area (Å²) >= 11 is 0. The number of hydrogen-bond donors (Lipinski definition) is 6. The Balaban J connectivity index is -0.000000114. The molecule has 23 heteroatoms. The van der Waals surface area contributed by atoms with Crippen LogP contribution in [0.5, 0.6) is 0 Å². The quantitative estimate of drug-likeness (QED) is 0.101. The summed E-state index contributed by atoms with van der Waals surface area (Å²) in [6.07, 6.45) is 16.7. The minimum Gasteiger partial charge on any atom is -0.676 e. The first-order valence-electron chi connectivity index (χ1n) is 15.7. The van der Waals surface area contributed by atoms with Crippen LogP contribution in [-0.4, -0.2) is 91.1 Å². The fourth-order valence-corrected chi connectivity index (χ4v) is 4.71. The summed E-state index contributed by atoms with van der Waals surface area (Å²) in [6, 6.07) is 0.0833. The van der Waals surface area contributed by atoms with Crippen molar-refractivity contribution in [3.63, 3.8) is 0 Å². The van der Waals surface area contributed by atoms with E-state index in [0.717, 1.165) is 51.4 Å². The van der Waals surface area contributed by atoms with E-state index in [0.29, 0.717) is 0 Å². The van der Waals surface area contributed by atoms with Crippen LogP contribution >= 0.6 is 0 Å². The van der Waals surface area contributed by atoms with Crippen LogP contribution in [0.15, 0.2) is 0 Å². The number of nitrogens with one attached hydrogen (secondary N) is 6. The minimum atomic E-state index is -1.50. The van der Waals surface area contributed by atoms with E-state index in [4.69, 9.17) is 86.7 Å². The summed E-state index contributed by atoms with van der Waals surface area (Å²) in [6.45, 7) is 0. The molecule has 304 valence electrons. The van der Waals surface area contributed by atoms with E-state index in [9.17, 15) is 9.59 Å². The van der Waals surface area contributed by atoms with E-state index in [1.54, 1.807) is 0 Å². The average molecular weight is 1270 g/mol. The van der Waals surface area contributed by atoms with E-state index >= 15 is 0 Å². The molecule has 4 aliphatic rings. The molecule has 20 nitrogen and oxygen atoms in total. The smallest absolute Gasteiger partial charge is 0.676 e. The van der Waals surface area contributed by atoms with Gasteiger partial charge in [-0.1, -0.05) is 89.9 Å². The largest absolute Gasteiger partial charge is 2.00 e. The number of hydrogen-bond acceptors (Lipinski definition) is 8. The monoisotopic (exact) mass is 1270 g/mol. The topological polar surface area (TPSA) is 396 Å². The molecule has 50 heavy (non-hydrogen) atoms. The molecule has 4 aliphatic carbocycles. The third-order valence-corrected chi connectivity index (χ3v) is 7.48. The molecule has 4 fully saturated rings. The van der Waals surface area contributed by atoms with Crippen molar-refractivity contribution in [1.82, 2.24) is 0 Å². The number of nitrogens with zero attached hydrogens (tertiary/aromatic N) is 2. The van der Waals surface area contributed by atoms with Crippen LogP contribution in [0.4, 0.5) is 0 Å². The maximum absolute atomic E-state index is 9.43. The van der Waals surface area contributed by atoms with Gasteiger partial charge in [0.1, 0.15) is 6.42 Å². The zero-order valence-corrected chi connectivity index (χ0v) is 34.7. The first-order valence-corrected chi connectivity index (χ1v) is 15.7. The molecule has 0 heterocycles. The fourth-order valence-electron chi connectivity index (χ4n) is 4.71. The predicted octanol–water partition coefficient (Wildman–Crippen LogP) is 6.26. The van der Waals surface area contributed by atoms with Gasteiger partial charge >= 0.3 is 75.1 Å². The van der Waals surface area contributed by atoms with Crippen molar-refractivity contribution in [3.05, 3.63) is 54.6 Å². The first kappa shape index (κ1) is 61.1. The predicted molar refractivity (Wildman–Crippen MR) is 176 cm³/mol. The summed E-state index contributed by atoms with van der Waals surface area (Å²) in [5.74, 6) is -2.62. The van der Waals surface area contributed by atoms with Crippen molar-refractivity contribution in [2.45, 2.75) is 157 Å². The van der Waals surface area contributed by atoms with E-state index in [2.05, 4.69) is 0 Å². The van der Waals surface area contributed by atoms with Crippen LogP contribution in [0, 0.1) is 20.2 Å². The third-order valence-electron chi connectivity index (χ3n) is 7.48. The van der Waals surface area contributed by atoms with Crippen molar-refractivity contribution in [1.29, 1.82) is 0 Å². The Morgan fingerprint density at radius 2 is 0.640 bits per heavy atom. The van der Waals surface area contributed by atoms with Gasteiger partial charge < -0.3 is 66.5 Å². The van der Waals surface area contributed by atoms with E-state index in [1.807, 2.05) is 0 Å². The molecule has 8 atom stereocenters. The SMILES string of the molecule is N[C@@H]1CCCC[C@H]1N.O=C(O)CC(=O)O.O=[N+]([O-])O.O=[N+]([O-])O.[NH-]C1CCCCC1[NH-].[NH-][C@@H]1CCCC[C@H]1[NH-].[NH-][C@@H]1CCCC[C@H]1[NH-].[Pt+2].[Pt+2].[Pt+2]. The van der Waals surface area contributed by atoms with Crippen molar-refractivity contribution in [3.8, 4) is 0 Å². The van der Waals surface area contributed by atoms with Gasteiger partial charge in [-0.25, -0.2) is 0 Å². The number of carboxylic acids is 2. The van der Waals surface area contributed by atoms with E-state index in [-0.39, 0.29) is 112 Å². The molecule has 0 amide bonds. The zero-order chi connectivity index (χ0) is 36.9. The van der Waals surface area contributed by atoms with Crippen LogP contribution in [-0.2, 0) is 72.8 Å². The normalized spacial score (nSPS) is 27.5. The van der Waals surface area contributed by atoms with Gasteiger partial charge in [0.15, 0.2) is 0 Å². The Hall–Kier alpha value is -0.915. The molecule has 4 saturated carbocycles. The molecule has 0 spiro atoms. The molecule has 4 rings (SSSR count). The Morgan fingerprint density at radius 1 is 0.500 bits per heavy atom. The van der Waals surface area contributed by atoms with Crippen molar-refractivity contribution in [2.24, 2.45) is 11.5 Å². The van der Waals surface area contributed by atoms with Gasteiger partial charge in [-0.15, -0.1) is 20.2 Å². The van der Waals surface area contributed by atoms with Gasteiger partial charge in [0.2, 0.25) is 0 Å². The standard InChI is InChI=1S/C6H14N2.3C6H12N2.C3H4O4.2HNO3.3Pt/c4*7-5-3-1-2-4-6(5)8;4-2(5)1-3(6)7;2*2-1(3)4;;;/h5-6H,1-4,7-8H2;3*5-8H,1-4H2;1H2,(H,4,5)(H,6,7);2*(H,2,3,4);;;/q;3*-2;;;;3*+2/t3*5-,6-;;;;;;;/m111......./s1. The number of carbonyl (C=O) groups is 2. The van der Waals surface area contributed by atoms with E-state index < -0.39 is 28.5 Å². The summed E-state index contributed by atoms with van der Waals surface area (Å²) < 4.78 is 0. The van der Waals surface area contributed by atoms with Gasteiger partial charge in [0, 0.05) is 12.1 Å². The van der Waals surface area contributed by atoms with Gasteiger partial charge in [-0.3, -0.25) is 9.59 Å². The molecule has 14 N–H and O–H groups in total. The summed E-state index contributed by atoms with van der Waals surface area (Å²) in [4.78, 5) is 35.6. The number of rotatable bonds is 2. The average Bonchev–Trinajstić information content (AvgIpc) is 2.95. The van der Waals surface area contributed by atoms with Gasteiger partial charge in [-0.05, 0) is 12.8 Å². The molecule has 0 radical (unpaired) electrons. The van der Waals surface area contributed by atoms with Crippen molar-refractivity contribution in [2.75, 3.05) is 0 Å². The van der Waals surface area contributed by atoms with Crippen LogP contribution < -0.4 is 11.5 Å². The third kappa shape index (κ3) is 45.1. The second kappa shape index (κ2) is 39.3. The molecule has 0 aromatic heterocycles. The summed E-state index contributed by atoms with van der Waals surface area (Å²) in [5, 5.41) is 42.7. The number of carboxylic acid groups (broad SMARTS) is 2. The maximum atomic E-state index is 9.43. The first-order chi connectivity index (χ1) is 21.8. The molecule has 0 aliphatic heterocycles. The summed E-state index contributed by atoms with van der Waals surface area (Å²) in [5.41, 5.74) is 55.0. The molecular formula is C27H56N10O10Pt3. The van der Waals surface area contributed by atoms with Crippen LogP contribution in [0.2, 0.25) is 0 Å². The minimum absolute atomic E-state index is 0. The molecule has 2 unspecified atom stereocenters. The fraction of sp³-hybridized carbons (Fsp3) is 0.926. The second-order valence-corrected chi connectivity index (χ2v) is 11.5. The van der Waals surface area contributed by atoms with Crippen molar-refractivity contribution >= 4 is 11.9 Å². The molecule has 0 saturated heterocycles. The Kier molecular flexibility index (Phi) is 48.1. The molecule has 0 aromatic carbocycles. The van der Waals surface area contributed by atoms with Gasteiger partial charge in [0.05, 0.1) is 0 Å². The molecule has 0 bridgehead atoms. The van der Waals surface area contributed by atoms with Crippen LogP contribution in [0.1, 0.15) is 109 Å². The van der Waals surface area contributed by atoms with Crippen molar-refractivity contribution < 1.29 is 104 Å². The Labute approximate surface area is 337 Å². The van der Waals surface area contributed by atoms with Crippen LogP contribution in [0.3, 0.4) is 0 Å². The second-order valence-electron chi connectivity index (χ2n) is 11.5. The number of nitrogens with two attached hydrogens (primary N) is 2. The molecular weight excluding hydrogens is 1210 g/mol.